The first-order valence-electron chi connectivity index (χ1n) is 5.10. The van der Waals surface area contributed by atoms with Gasteiger partial charge in [0.1, 0.15) is 0 Å². The summed E-state index contributed by atoms with van der Waals surface area (Å²) in [6.07, 6.45) is 3.30. The fourth-order valence-corrected chi connectivity index (χ4v) is 2.17. The SMILES string of the molecule is CC1CN(C)CCN1c1nccnc1Cl. The summed E-state index contributed by atoms with van der Waals surface area (Å²) >= 11 is 6.03. The van der Waals surface area contributed by atoms with E-state index in [-0.39, 0.29) is 0 Å². The Hall–Kier alpha value is -0.870. The van der Waals surface area contributed by atoms with Crippen LogP contribution in [0.25, 0.3) is 0 Å². The highest BCUT2D eigenvalue weighted by Gasteiger charge is 2.24. The van der Waals surface area contributed by atoms with E-state index in [0.29, 0.717) is 11.2 Å². The molecule has 1 unspecified atom stereocenters. The monoisotopic (exact) mass is 226 g/mol. The molecule has 0 amide bonds. The third kappa shape index (κ3) is 2.21. The van der Waals surface area contributed by atoms with E-state index in [2.05, 4.69) is 33.7 Å². The zero-order chi connectivity index (χ0) is 10.8. The molecule has 0 bridgehead atoms. The average molecular weight is 227 g/mol. The van der Waals surface area contributed by atoms with Crippen LogP contribution >= 0.6 is 11.6 Å². The Labute approximate surface area is 94.9 Å². The minimum Gasteiger partial charge on any atom is -0.349 e. The zero-order valence-corrected chi connectivity index (χ0v) is 9.78. The lowest BCUT2D eigenvalue weighted by molar-refractivity contribution is 0.274. The number of nitrogens with zero attached hydrogens (tertiary/aromatic N) is 4. The second kappa shape index (κ2) is 4.33. The Bertz CT molecular complexity index is 344. The van der Waals surface area contributed by atoms with Crippen molar-refractivity contribution in [2.24, 2.45) is 0 Å². The molecule has 5 heteroatoms. The number of likely N-dealkylation sites (N-methyl/N-ethyl adjacent to an activating group) is 1. The summed E-state index contributed by atoms with van der Waals surface area (Å²) in [7, 11) is 2.13. The molecule has 1 aromatic rings. The van der Waals surface area contributed by atoms with Crippen molar-refractivity contribution >= 4 is 17.4 Å². The number of hydrogen-bond donors (Lipinski definition) is 0. The van der Waals surface area contributed by atoms with E-state index in [1.807, 2.05) is 0 Å². The van der Waals surface area contributed by atoms with E-state index < -0.39 is 0 Å². The van der Waals surface area contributed by atoms with Crippen molar-refractivity contribution in [2.75, 3.05) is 31.6 Å². The second-order valence-electron chi connectivity index (χ2n) is 3.98. The Morgan fingerprint density at radius 3 is 2.73 bits per heavy atom. The minimum absolute atomic E-state index is 0.429. The molecule has 1 aromatic heterocycles. The molecule has 2 rings (SSSR count). The van der Waals surface area contributed by atoms with Crippen molar-refractivity contribution in [2.45, 2.75) is 13.0 Å². The number of halogens is 1. The first-order chi connectivity index (χ1) is 7.18. The molecule has 1 aliphatic rings. The Balaban J connectivity index is 2.20. The maximum Gasteiger partial charge on any atom is 0.171 e. The summed E-state index contributed by atoms with van der Waals surface area (Å²) in [5.74, 6) is 0.805. The predicted octanol–water partition coefficient (Wildman–Crippen LogP) is 1.27. The molecule has 0 aromatic carbocycles. The van der Waals surface area contributed by atoms with Crippen molar-refractivity contribution < 1.29 is 0 Å². The van der Waals surface area contributed by atoms with Crippen LogP contribution in [0.4, 0.5) is 5.82 Å². The molecular weight excluding hydrogens is 212 g/mol. The molecule has 2 heterocycles. The van der Waals surface area contributed by atoms with Gasteiger partial charge < -0.3 is 9.80 Å². The lowest BCUT2D eigenvalue weighted by atomic mass is 10.2. The smallest absolute Gasteiger partial charge is 0.171 e. The van der Waals surface area contributed by atoms with Gasteiger partial charge in [-0.3, -0.25) is 0 Å². The van der Waals surface area contributed by atoms with Crippen LogP contribution in [0.15, 0.2) is 12.4 Å². The molecule has 82 valence electrons. The quantitative estimate of drug-likeness (QED) is 0.722. The molecule has 15 heavy (non-hydrogen) atoms. The van der Waals surface area contributed by atoms with E-state index >= 15 is 0 Å². The summed E-state index contributed by atoms with van der Waals surface area (Å²) in [6.45, 7) is 5.21. The molecule has 1 saturated heterocycles. The van der Waals surface area contributed by atoms with Crippen molar-refractivity contribution in [3.63, 3.8) is 0 Å². The van der Waals surface area contributed by atoms with Gasteiger partial charge in [0.25, 0.3) is 0 Å². The van der Waals surface area contributed by atoms with Crippen LogP contribution in [-0.2, 0) is 0 Å². The second-order valence-corrected chi connectivity index (χ2v) is 4.33. The summed E-state index contributed by atoms with van der Waals surface area (Å²) in [6, 6.07) is 0.429. The Morgan fingerprint density at radius 1 is 1.33 bits per heavy atom. The van der Waals surface area contributed by atoms with Crippen LogP contribution in [0.2, 0.25) is 5.15 Å². The van der Waals surface area contributed by atoms with Gasteiger partial charge in [0.15, 0.2) is 11.0 Å². The Morgan fingerprint density at radius 2 is 2.07 bits per heavy atom. The maximum atomic E-state index is 6.03. The Kier molecular flexibility index (Phi) is 3.07. The normalized spacial score (nSPS) is 23.1. The molecular formula is C10H15ClN4. The summed E-state index contributed by atoms with van der Waals surface area (Å²) in [5, 5.41) is 0.494. The van der Waals surface area contributed by atoms with Gasteiger partial charge in [-0.1, -0.05) is 11.6 Å². The maximum absolute atomic E-state index is 6.03. The van der Waals surface area contributed by atoms with Gasteiger partial charge in [0, 0.05) is 38.1 Å². The number of hydrogen-bond acceptors (Lipinski definition) is 4. The van der Waals surface area contributed by atoms with Crippen LogP contribution < -0.4 is 4.90 Å². The van der Waals surface area contributed by atoms with Gasteiger partial charge in [-0.2, -0.15) is 0 Å². The first kappa shape index (κ1) is 10.6. The zero-order valence-electron chi connectivity index (χ0n) is 9.02. The van der Waals surface area contributed by atoms with Crippen LogP contribution in [-0.4, -0.2) is 47.6 Å². The van der Waals surface area contributed by atoms with Crippen LogP contribution in [0, 0.1) is 0 Å². The van der Waals surface area contributed by atoms with E-state index in [1.54, 1.807) is 12.4 Å². The molecule has 0 saturated carbocycles. The van der Waals surface area contributed by atoms with Crippen LogP contribution in [0.5, 0.6) is 0 Å². The fourth-order valence-electron chi connectivity index (χ4n) is 1.96. The van der Waals surface area contributed by atoms with Crippen molar-refractivity contribution in [3.8, 4) is 0 Å². The van der Waals surface area contributed by atoms with E-state index in [9.17, 15) is 0 Å². The van der Waals surface area contributed by atoms with E-state index in [4.69, 9.17) is 11.6 Å². The topological polar surface area (TPSA) is 32.3 Å². The lowest BCUT2D eigenvalue weighted by Gasteiger charge is -2.38. The molecule has 1 atom stereocenters. The van der Waals surface area contributed by atoms with Gasteiger partial charge >= 0.3 is 0 Å². The van der Waals surface area contributed by atoms with Crippen molar-refractivity contribution in [1.29, 1.82) is 0 Å². The lowest BCUT2D eigenvalue weighted by Crippen LogP contribution is -2.51. The minimum atomic E-state index is 0.429. The first-order valence-corrected chi connectivity index (χ1v) is 5.48. The number of rotatable bonds is 1. The van der Waals surface area contributed by atoms with Crippen LogP contribution in [0.3, 0.4) is 0 Å². The highest BCUT2D eigenvalue weighted by molar-refractivity contribution is 6.31. The van der Waals surface area contributed by atoms with Gasteiger partial charge in [0.05, 0.1) is 0 Å². The largest absolute Gasteiger partial charge is 0.349 e. The highest BCUT2D eigenvalue weighted by Crippen LogP contribution is 2.23. The predicted molar refractivity (Wildman–Crippen MR) is 61.3 cm³/mol. The molecule has 0 N–H and O–H groups in total. The molecule has 0 aliphatic carbocycles. The summed E-state index contributed by atoms with van der Waals surface area (Å²) in [4.78, 5) is 12.9. The average Bonchev–Trinajstić information content (AvgIpc) is 2.20. The summed E-state index contributed by atoms with van der Waals surface area (Å²) < 4.78 is 0. The standard InChI is InChI=1S/C10H15ClN4/c1-8-7-14(2)5-6-15(8)10-9(11)12-3-4-13-10/h3-4,8H,5-7H2,1-2H3. The van der Waals surface area contributed by atoms with E-state index in [1.165, 1.54) is 0 Å². The molecule has 4 nitrogen and oxygen atoms in total. The van der Waals surface area contributed by atoms with E-state index in [0.717, 1.165) is 25.5 Å². The van der Waals surface area contributed by atoms with Crippen molar-refractivity contribution in [3.05, 3.63) is 17.5 Å². The number of anilines is 1. The van der Waals surface area contributed by atoms with Crippen molar-refractivity contribution in [1.82, 2.24) is 14.9 Å². The van der Waals surface area contributed by atoms with Gasteiger partial charge in [-0.05, 0) is 14.0 Å². The molecule has 1 fully saturated rings. The van der Waals surface area contributed by atoms with Gasteiger partial charge in [0.2, 0.25) is 0 Å². The van der Waals surface area contributed by atoms with Gasteiger partial charge in [-0.15, -0.1) is 0 Å². The number of aromatic nitrogens is 2. The molecule has 1 aliphatic heterocycles. The van der Waals surface area contributed by atoms with Gasteiger partial charge in [-0.25, -0.2) is 9.97 Å². The van der Waals surface area contributed by atoms with Crippen LogP contribution in [0.1, 0.15) is 6.92 Å². The molecule has 0 radical (unpaired) electrons. The fraction of sp³-hybridized carbons (Fsp3) is 0.600. The summed E-state index contributed by atoms with van der Waals surface area (Å²) in [5.41, 5.74) is 0. The molecule has 0 spiro atoms. The third-order valence-electron chi connectivity index (χ3n) is 2.74. The highest BCUT2D eigenvalue weighted by atomic mass is 35.5. The number of piperazine rings is 1. The third-order valence-corrected chi connectivity index (χ3v) is 3.01.